The second kappa shape index (κ2) is 6.74. The molecule has 164 valence electrons. The minimum Gasteiger partial charge on any atom is -0.371 e. The Morgan fingerprint density at radius 3 is 2.67 bits per heavy atom. The van der Waals surface area contributed by atoms with Crippen molar-refractivity contribution in [2.45, 2.75) is 12.5 Å². The first-order valence-corrected chi connectivity index (χ1v) is 11.1. The number of hydrogen-bond acceptors (Lipinski definition) is 7. The third-order valence-electron chi connectivity index (χ3n) is 7.08. The number of fused-ring (bicyclic) bond motifs is 3. The lowest BCUT2D eigenvalue weighted by molar-refractivity contribution is 0.363. The number of benzene rings is 2. The van der Waals surface area contributed by atoms with Crippen LogP contribution in [0.25, 0.3) is 21.9 Å². The zero-order chi connectivity index (χ0) is 22.1. The van der Waals surface area contributed by atoms with Gasteiger partial charge in [-0.2, -0.15) is 4.98 Å². The molecular weight excluding hydrogens is 418 g/mol. The van der Waals surface area contributed by atoms with Crippen LogP contribution in [-0.2, 0) is 13.6 Å². The molecule has 1 saturated heterocycles. The summed E-state index contributed by atoms with van der Waals surface area (Å²) in [5, 5.41) is 6.77. The molecule has 0 N–H and O–H groups in total. The minimum atomic E-state index is -0.172. The molecule has 0 radical (unpaired) electrons. The Bertz CT molecular complexity index is 1570. The quantitative estimate of drug-likeness (QED) is 0.425. The molecule has 1 aliphatic heterocycles. The van der Waals surface area contributed by atoms with Crippen LogP contribution in [0.2, 0.25) is 0 Å². The van der Waals surface area contributed by atoms with Gasteiger partial charge in [-0.25, -0.2) is 9.97 Å². The van der Waals surface area contributed by atoms with Crippen LogP contribution in [0.5, 0.6) is 0 Å². The van der Waals surface area contributed by atoms with E-state index in [0.717, 1.165) is 18.9 Å². The van der Waals surface area contributed by atoms with Crippen LogP contribution in [0.3, 0.4) is 0 Å². The fourth-order valence-corrected chi connectivity index (χ4v) is 5.29. The van der Waals surface area contributed by atoms with Crippen LogP contribution < -0.4 is 10.5 Å². The molecular formula is C24H21N7O2. The van der Waals surface area contributed by atoms with Crippen LogP contribution in [0.15, 0.2) is 64.4 Å². The average molecular weight is 439 g/mol. The summed E-state index contributed by atoms with van der Waals surface area (Å²) in [5.74, 6) is 2.58. The first kappa shape index (κ1) is 18.6. The van der Waals surface area contributed by atoms with Gasteiger partial charge in [-0.05, 0) is 34.7 Å². The lowest BCUT2D eigenvalue weighted by Gasteiger charge is -2.22. The predicted octanol–water partition coefficient (Wildman–Crippen LogP) is 2.56. The number of piperidine rings is 1. The Hall–Kier alpha value is -4.01. The zero-order valence-electron chi connectivity index (χ0n) is 18.0. The van der Waals surface area contributed by atoms with Gasteiger partial charge in [0.05, 0.1) is 6.33 Å². The molecule has 33 heavy (non-hydrogen) atoms. The summed E-state index contributed by atoms with van der Waals surface area (Å²) in [6.45, 7) is 2.20. The Morgan fingerprint density at radius 2 is 1.82 bits per heavy atom. The smallest absolute Gasteiger partial charge is 0.280 e. The first-order chi connectivity index (χ1) is 16.2. The molecule has 9 nitrogen and oxygen atoms in total. The van der Waals surface area contributed by atoms with Crippen LogP contribution >= 0.6 is 0 Å². The van der Waals surface area contributed by atoms with Gasteiger partial charge in [0, 0.05) is 31.7 Å². The van der Waals surface area contributed by atoms with Gasteiger partial charge in [0.25, 0.3) is 5.56 Å². The van der Waals surface area contributed by atoms with Crippen molar-refractivity contribution in [3.8, 4) is 0 Å². The topological polar surface area (TPSA) is 94.9 Å². The highest BCUT2D eigenvalue weighted by molar-refractivity contribution is 5.86. The van der Waals surface area contributed by atoms with Gasteiger partial charge in [0.1, 0.15) is 12.9 Å². The fourth-order valence-electron chi connectivity index (χ4n) is 5.29. The van der Waals surface area contributed by atoms with Crippen molar-refractivity contribution in [2.24, 2.45) is 18.9 Å². The van der Waals surface area contributed by atoms with Crippen LogP contribution in [0.1, 0.15) is 17.6 Å². The predicted molar refractivity (Wildman–Crippen MR) is 122 cm³/mol. The normalized spacial score (nSPS) is 21.7. The molecule has 2 unspecified atom stereocenters. The number of aromatic nitrogens is 6. The third-order valence-corrected chi connectivity index (χ3v) is 7.08. The van der Waals surface area contributed by atoms with Crippen molar-refractivity contribution in [2.75, 3.05) is 18.0 Å². The van der Waals surface area contributed by atoms with Crippen molar-refractivity contribution >= 4 is 27.6 Å². The SMILES string of the molecule is Cn1cnc2ncn(Cc3nc(C4C5CN(c6ccc7ccccc7c6)CC54)no3)c(=O)c21. The highest BCUT2D eigenvalue weighted by Gasteiger charge is 2.58. The highest BCUT2D eigenvalue weighted by Crippen LogP contribution is 2.58. The van der Waals surface area contributed by atoms with Crippen LogP contribution in [0, 0.1) is 11.8 Å². The van der Waals surface area contributed by atoms with Gasteiger partial charge in [-0.3, -0.25) is 9.36 Å². The summed E-state index contributed by atoms with van der Waals surface area (Å²) >= 11 is 0. The van der Waals surface area contributed by atoms with Crippen molar-refractivity contribution in [3.05, 3.63) is 77.2 Å². The van der Waals surface area contributed by atoms with E-state index in [9.17, 15) is 4.79 Å². The third kappa shape index (κ3) is 2.88. The molecule has 5 aromatic rings. The maximum absolute atomic E-state index is 12.7. The average Bonchev–Trinajstić information content (AvgIpc) is 3.24. The van der Waals surface area contributed by atoms with E-state index in [1.807, 2.05) is 0 Å². The lowest BCUT2D eigenvalue weighted by atomic mass is 10.1. The van der Waals surface area contributed by atoms with Crippen LogP contribution in [0.4, 0.5) is 5.69 Å². The maximum atomic E-state index is 12.7. The number of anilines is 1. The second-order valence-electron chi connectivity index (χ2n) is 9.04. The van der Waals surface area contributed by atoms with Gasteiger partial charge < -0.3 is 14.0 Å². The monoisotopic (exact) mass is 439 g/mol. The van der Waals surface area contributed by atoms with Crippen molar-refractivity contribution in [3.63, 3.8) is 0 Å². The number of aryl methyl sites for hydroxylation is 1. The molecule has 3 aromatic heterocycles. The molecule has 1 saturated carbocycles. The first-order valence-electron chi connectivity index (χ1n) is 11.1. The van der Waals surface area contributed by atoms with Crippen molar-refractivity contribution in [1.82, 2.24) is 29.2 Å². The Balaban J connectivity index is 1.06. The largest absolute Gasteiger partial charge is 0.371 e. The van der Waals surface area contributed by atoms with Crippen molar-refractivity contribution in [1.29, 1.82) is 0 Å². The summed E-state index contributed by atoms with van der Waals surface area (Å²) in [6, 6.07) is 15.1. The standard InChI is InChI=1S/C24H21N7O2/c1-29-12-25-23-21(29)24(32)31(13-26-23)11-19-27-22(28-33-19)20-17-9-30(10-18(17)20)16-7-6-14-4-2-3-5-15(14)8-16/h2-8,12-13,17-18,20H,9-11H2,1H3. The van der Waals surface area contributed by atoms with E-state index in [2.05, 4.69) is 67.5 Å². The van der Waals surface area contributed by atoms with Crippen molar-refractivity contribution < 1.29 is 4.52 Å². The number of nitrogens with zero attached hydrogens (tertiary/aromatic N) is 7. The fraction of sp³-hybridized carbons (Fsp3) is 0.292. The molecule has 1 aliphatic carbocycles. The molecule has 9 heteroatoms. The van der Waals surface area contributed by atoms with Crippen LogP contribution in [-0.4, -0.2) is 42.3 Å². The highest BCUT2D eigenvalue weighted by atomic mass is 16.5. The van der Waals surface area contributed by atoms with Gasteiger partial charge in [0.2, 0.25) is 5.89 Å². The Morgan fingerprint density at radius 1 is 1.03 bits per heavy atom. The van der Waals surface area contributed by atoms with Gasteiger partial charge >= 0.3 is 0 Å². The summed E-state index contributed by atoms with van der Waals surface area (Å²) < 4.78 is 8.65. The summed E-state index contributed by atoms with van der Waals surface area (Å²) in [7, 11) is 1.78. The van der Waals surface area contributed by atoms with E-state index in [-0.39, 0.29) is 12.1 Å². The summed E-state index contributed by atoms with van der Waals surface area (Å²) in [6.07, 6.45) is 3.07. The van der Waals surface area contributed by atoms with E-state index in [1.54, 1.807) is 17.9 Å². The van der Waals surface area contributed by atoms with E-state index in [0.29, 0.717) is 34.8 Å². The number of imidazole rings is 1. The summed E-state index contributed by atoms with van der Waals surface area (Å²) in [4.78, 5) is 28.2. The number of rotatable bonds is 4. The molecule has 4 heterocycles. The Labute approximate surface area is 188 Å². The molecule has 7 rings (SSSR count). The van der Waals surface area contributed by atoms with E-state index < -0.39 is 0 Å². The lowest BCUT2D eigenvalue weighted by Crippen LogP contribution is -2.23. The molecule has 0 amide bonds. The van der Waals surface area contributed by atoms with E-state index >= 15 is 0 Å². The molecule has 2 atom stereocenters. The van der Waals surface area contributed by atoms with E-state index in [1.165, 1.54) is 27.4 Å². The molecule has 2 aromatic carbocycles. The number of hydrogen-bond donors (Lipinski definition) is 0. The Kier molecular flexibility index (Phi) is 3.79. The van der Waals surface area contributed by atoms with Gasteiger partial charge in [-0.15, -0.1) is 0 Å². The van der Waals surface area contributed by atoms with Gasteiger partial charge in [-0.1, -0.05) is 35.5 Å². The second-order valence-corrected chi connectivity index (χ2v) is 9.04. The molecule has 2 aliphatic rings. The van der Waals surface area contributed by atoms with Gasteiger partial charge in [0.15, 0.2) is 17.0 Å². The zero-order valence-corrected chi connectivity index (χ0v) is 18.0. The summed E-state index contributed by atoms with van der Waals surface area (Å²) in [5.41, 5.74) is 1.99. The molecule has 2 fully saturated rings. The maximum Gasteiger partial charge on any atom is 0.280 e. The molecule has 0 spiro atoms. The van der Waals surface area contributed by atoms with E-state index in [4.69, 9.17) is 4.52 Å². The molecule has 0 bridgehead atoms. The minimum absolute atomic E-state index is 0.172.